The summed E-state index contributed by atoms with van der Waals surface area (Å²) in [5.74, 6) is 2.19. The number of ether oxygens (including phenoxy) is 6. The van der Waals surface area contributed by atoms with Gasteiger partial charge in [0.1, 0.15) is 6.07 Å². The number of methoxy groups -OCH3 is 3. The van der Waals surface area contributed by atoms with Crippen molar-refractivity contribution in [1.82, 2.24) is 10.9 Å². The van der Waals surface area contributed by atoms with E-state index in [2.05, 4.69) is 32.9 Å². The number of nitrogens with two attached hydrogens (primary N) is 1. The molecule has 11 heteroatoms. The molecule has 0 spiro atoms. The third-order valence-corrected chi connectivity index (χ3v) is 7.01. The van der Waals surface area contributed by atoms with Gasteiger partial charge >= 0.3 is 0 Å². The van der Waals surface area contributed by atoms with Crippen LogP contribution in [0.4, 0.5) is 0 Å². The van der Waals surface area contributed by atoms with Crippen molar-refractivity contribution in [3.63, 3.8) is 0 Å². The SMILES string of the molecule is COc1cc(C2NNC3OC(N)=C(C#N)C(c4cc5c(cc4Br)OCO5)C32)cc(OC)c1OC. The molecule has 1 saturated heterocycles. The van der Waals surface area contributed by atoms with Gasteiger partial charge in [-0.05, 0) is 35.4 Å². The second-order valence-corrected chi connectivity index (χ2v) is 8.79. The van der Waals surface area contributed by atoms with Crippen LogP contribution in [-0.4, -0.2) is 34.4 Å². The Morgan fingerprint density at radius 3 is 2.32 bits per heavy atom. The third kappa shape index (κ3) is 3.46. The Labute approximate surface area is 204 Å². The Kier molecular flexibility index (Phi) is 5.81. The van der Waals surface area contributed by atoms with E-state index in [0.717, 1.165) is 15.6 Å². The Balaban J connectivity index is 1.65. The highest BCUT2D eigenvalue weighted by molar-refractivity contribution is 9.10. The van der Waals surface area contributed by atoms with E-state index in [9.17, 15) is 5.26 Å². The van der Waals surface area contributed by atoms with Crippen LogP contribution in [0.5, 0.6) is 28.7 Å². The molecular formula is C23H23BrN4O6. The van der Waals surface area contributed by atoms with Crippen LogP contribution in [0, 0.1) is 17.2 Å². The molecule has 3 heterocycles. The third-order valence-electron chi connectivity index (χ3n) is 6.32. The van der Waals surface area contributed by atoms with Gasteiger partial charge in [0, 0.05) is 16.3 Å². The molecule has 4 unspecified atom stereocenters. The number of nitrogens with one attached hydrogen (secondary N) is 2. The van der Waals surface area contributed by atoms with Crippen LogP contribution in [0.1, 0.15) is 23.1 Å². The first-order valence-electron chi connectivity index (χ1n) is 10.5. The molecule has 4 atom stereocenters. The van der Waals surface area contributed by atoms with Crippen molar-refractivity contribution in [2.75, 3.05) is 28.1 Å². The van der Waals surface area contributed by atoms with E-state index in [-0.39, 0.29) is 24.6 Å². The molecule has 5 rings (SSSR count). The van der Waals surface area contributed by atoms with Gasteiger partial charge in [0.15, 0.2) is 29.2 Å². The molecule has 3 aliphatic rings. The summed E-state index contributed by atoms with van der Waals surface area (Å²) in [4.78, 5) is 0. The second kappa shape index (κ2) is 8.79. The minimum absolute atomic E-state index is 0.0816. The van der Waals surface area contributed by atoms with Gasteiger partial charge in [0.05, 0.1) is 32.9 Å². The molecule has 0 bridgehead atoms. The van der Waals surface area contributed by atoms with Crippen molar-refractivity contribution in [3.05, 3.63) is 51.3 Å². The Morgan fingerprint density at radius 2 is 1.71 bits per heavy atom. The van der Waals surface area contributed by atoms with Crippen LogP contribution in [0.3, 0.4) is 0 Å². The maximum absolute atomic E-state index is 10.1. The van der Waals surface area contributed by atoms with Gasteiger partial charge in [-0.25, -0.2) is 10.9 Å². The minimum Gasteiger partial charge on any atom is -0.493 e. The van der Waals surface area contributed by atoms with E-state index in [1.807, 2.05) is 24.3 Å². The molecule has 0 amide bonds. The molecule has 2 aromatic carbocycles. The number of hydrazine groups is 1. The Hall–Kier alpha value is -3.33. The van der Waals surface area contributed by atoms with E-state index in [0.29, 0.717) is 34.3 Å². The lowest BCUT2D eigenvalue weighted by molar-refractivity contribution is 0.0339. The number of fused-ring (bicyclic) bond motifs is 2. The average molecular weight is 531 g/mol. The number of nitriles is 1. The molecule has 0 aliphatic carbocycles. The van der Waals surface area contributed by atoms with Gasteiger partial charge in [0.25, 0.3) is 0 Å². The monoisotopic (exact) mass is 530 g/mol. The molecule has 0 radical (unpaired) electrons. The number of benzene rings is 2. The quantitative estimate of drug-likeness (QED) is 0.530. The molecule has 10 nitrogen and oxygen atoms in total. The van der Waals surface area contributed by atoms with Crippen LogP contribution in [0.2, 0.25) is 0 Å². The van der Waals surface area contributed by atoms with Crippen molar-refractivity contribution in [2.24, 2.45) is 11.7 Å². The molecule has 4 N–H and O–H groups in total. The molecule has 178 valence electrons. The molecule has 0 aromatic heterocycles. The highest BCUT2D eigenvalue weighted by Gasteiger charge is 2.50. The summed E-state index contributed by atoms with van der Waals surface area (Å²) < 4.78 is 34.4. The normalized spacial score (nSPS) is 24.8. The Morgan fingerprint density at radius 1 is 1.03 bits per heavy atom. The Bertz CT molecular complexity index is 1190. The first-order chi connectivity index (χ1) is 16.5. The number of rotatable bonds is 5. The number of hydrogen-bond donors (Lipinski definition) is 3. The zero-order chi connectivity index (χ0) is 24.0. The summed E-state index contributed by atoms with van der Waals surface area (Å²) >= 11 is 3.65. The second-order valence-electron chi connectivity index (χ2n) is 7.94. The first-order valence-corrected chi connectivity index (χ1v) is 11.3. The summed E-state index contributed by atoms with van der Waals surface area (Å²) in [6, 6.07) is 9.45. The van der Waals surface area contributed by atoms with Crippen molar-refractivity contribution in [1.29, 1.82) is 5.26 Å². The standard InChI is InChI=1S/C23H23BrN4O6/c1-29-16-4-10(5-17(30-2)21(16)31-3)20-19-18(12(8-25)22(26)34-23(19)28-27-20)11-6-14-15(7-13(11)24)33-9-32-14/h4-7,18-20,23,27-28H,9,26H2,1-3H3. The highest BCUT2D eigenvalue weighted by Crippen LogP contribution is 2.52. The van der Waals surface area contributed by atoms with Gasteiger partial charge in [-0.2, -0.15) is 5.26 Å². The van der Waals surface area contributed by atoms with Crippen LogP contribution in [0.25, 0.3) is 0 Å². The zero-order valence-electron chi connectivity index (χ0n) is 18.7. The van der Waals surface area contributed by atoms with Crippen LogP contribution >= 0.6 is 15.9 Å². The van der Waals surface area contributed by atoms with E-state index in [1.54, 1.807) is 21.3 Å². The number of halogens is 1. The van der Waals surface area contributed by atoms with Gasteiger partial charge < -0.3 is 34.2 Å². The van der Waals surface area contributed by atoms with Gasteiger partial charge in [-0.3, -0.25) is 0 Å². The molecular weight excluding hydrogens is 508 g/mol. The largest absolute Gasteiger partial charge is 0.493 e. The lowest BCUT2D eigenvalue weighted by Crippen LogP contribution is -2.41. The number of hydrogen-bond acceptors (Lipinski definition) is 10. The van der Waals surface area contributed by atoms with E-state index in [1.165, 1.54) is 0 Å². The lowest BCUT2D eigenvalue weighted by atomic mass is 9.74. The van der Waals surface area contributed by atoms with Crippen molar-refractivity contribution in [3.8, 4) is 34.8 Å². The molecule has 0 saturated carbocycles. The smallest absolute Gasteiger partial charge is 0.231 e. The maximum Gasteiger partial charge on any atom is 0.231 e. The van der Waals surface area contributed by atoms with Crippen LogP contribution in [-0.2, 0) is 4.74 Å². The molecule has 34 heavy (non-hydrogen) atoms. The van der Waals surface area contributed by atoms with Crippen molar-refractivity contribution in [2.45, 2.75) is 18.2 Å². The predicted octanol–water partition coefficient (Wildman–Crippen LogP) is 2.80. The summed E-state index contributed by atoms with van der Waals surface area (Å²) in [7, 11) is 4.69. The van der Waals surface area contributed by atoms with Crippen LogP contribution < -0.4 is 40.3 Å². The minimum atomic E-state index is -0.497. The molecule has 1 fully saturated rings. The van der Waals surface area contributed by atoms with Crippen molar-refractivity contribution < 1.29 is 28.4 Å². The fourth-order valence-corrected chi connectivity index (χ4v) is 5.37. The fraction of sp³-hybridized carbons (Fsp3) is 0.348. The van der Waals surface area contributed by atoms with Crippen molar-refractivity contribution >= 4 is 15.9 Å². The summed E-state index contributed by atoms with van der Waals surface area (Å²) in [6.45, 7) is 0.144. The van der Waals surface area contributed by atoms with Gasteiger partial charge in [-0.15, -0.1) is 0 Å². The van der Waals surface area contributed by atoms with Gasteiger partial charge in [0.2, 0.25) is 18.4 Å². The maximum atomic E-state index is 10.1. The number of allylic oxidation sites excluding steroid dienone is 1. The van der Waals surface area contributed by atoms with E-state index in [4.69, 9.17) is 34.2 Å². The van der Waals surface area contributed by atoms with E-state index >= 15 is 0 Å². The summed E-state index contributed by atoms with van der Waals surface area (Å²) in [5, 5.41) is 10.1. The molecule has 3 aliphatic heterocycles. The van der Waals surface area contributed by atoms with Crippen LogP contribution in [0.15, 0.2) is 40.2 Å². The summed E-state index contributed by atoms with van der Waals surface area (Å²) in [5.41, 5.74) is 14.7. The van der Waals surface area contributed by atoms with E-state index < -0.39 is 12.1 Å². The number of nitrogens with zero attached hydrogens (tertiary/aromatic N) is 1. The topological polar surface area (TPSA) is 129 Å². The predicted molar refractivity (Wildman–Crippen MR) is 123 cm³/mol. The summed E-state index contributed by atoms with van der Waals surface area (Å²) in [6.07, 6.45) is -0.497. The highest BCUT2D eigenvalue weighted by atomic mass is 79.9. The fourth-order valence-electron chi connectivity index (χ4n) is 4.81. The first kappa shape index (κ1) is 22.5. The van der Waals surface area contributed by atoms with Gasteiger partial charge in [-0.1, -0.05) is 15.9 Å². The average Bonchev–Trinajstić information content (AvgIpc) is 3.48. The molecule has 2 aromatic rings. The zero-order valence-corrected chi connectivity index (χ0v) is 20.3. The lowest BCUT2D eigenvalue weighted by Gasteiger charge is -2.36.